The summed E-state index contributed by atoms with van der Waals surface area (Å²) < 4.78 is 6.10. The molecule has 1 aliphatic carbocycles. The molecule has 5 heteroatoms. The third-order valence-corrected chi connectivity index (χ3v) is 3.87. The van der Waals surface area contributed by atoms with Gasteiger partial charge < -0.3 is 10.1 Å². The number of aromatic nitrogens is 2. The van der Waals surface area contributed by atoms with E-state index < -0.39 is 0 Å². The van der Waals surface area contributed by atoms with E-state index in [1.54, 1.807) is 7.11 Å². The van der Waals surface area contributed by atoms with Crippen LogP contribution in [0.15, 0.2) is 4.47 Å². The van der Waals surface area contributed by atoms with E-state index in [4.69, 9.17) is 4.74 Å². The number of nitrogens with zero attached hydrogens (tertiary/aromatic N) is 2. The molecule has 0 spiro atoms. The van der Waals surface area contributed by atoms with Crippen LogP contribution < -0.4 is 5.32 Å². The Morgan fingerprint density at radius 1 is 1.41 bits per heavy atom. The molecule has 0 saturated heterocycles. The lowest BCUT2D eigenvalue weighted by Gasteiger charge is -2.25. The molecule has 0 unspecified atom stereocenters. The molecule has 2 rings (SSSR count). The molecule has 1 aromatic heterocycles. The normalized spacial score (nSPS) is 15.7. The Bertz CT molecular complexity index is 366. The second-order valence-corrected chi connectivity index (χ2v) is 5.08. The standard InChI is InChI=1S/C12H18BrN3O/c1-3-14-12-10(13)9(7-17-2)15-11(16-12)8-5-4-6-8/h8H,3-7H2,1-2H3,(H,14,15,16). The molecule has 0 amide bonds. The van der Waals surface area contributed by atoms with Crippen LogP contribution in [0.4, 0.5) is 5.82 Å². The molecular weight excluding hydrogens is 282 g/mol. The quantitative estimate of drug-likeness (QED) is 0.908. The average Bonchev–Trinajstić information content (AvgIpc) is 2.23. The Morgan fingerprint density at radius 2 is 2.18 bits per heavy atom. The van der Waals surface area contributed by atoms with Crippen LogP contribution in [0.1, 0.15) is 43.6 Å². The first-order chi connectivity index (χ1) is 8.26. The molecule has 1 aromatic rings. The fourth-order valence-electron chi connectivity index (χ4n) is 1.88. The first kappa shape index (κ1) is 12.8. The lowest BCUT2D eigenvalue weighted by molar-refractivity contribution is 0.180. The van der Waals surface area contributed by atoms with Gasteiger partial charge in [-0.2, -0.15) is 0 Å². The molecule has 1 heterocycles. The highest BCUT2D eigenvalue weighted by Crippen LogP contribution is 2.36. The molecule has 4 nitrogen and oxygen atoms in total. The summed E-state index contributed by atoms with van der Waals surface area (Å²) in [7, 11) is 1.69. The highest BCUT2D eigenvalue weighted by Gasteiger charge is 2.24. The predicted octanol–water partition coefficient (Wildman–Crippen LogP) is 3.08. The molecule has 0 aliphatic heterocycles. The maximum absolute atomic E-state index is 5.18. The van der Waals surface area contributed by atoms with Crippen LogP contribution in [0.25, 0.3) is 0 Å². The van der Waals surface area contributed by atoms with E-state index >= 15 is 0 Å². The molecule has 1 N–H and O–H groups in total. The summed E-state index contributed by atoms with van der Waals surface area (Å²) in [6.07, 6.45) is 3.71. The third-order valence-electron chi connectivity index (χ3n) is 3.03. The van der Waals surface area contributed by atoms with Crippen LogP contribution in [0.2, 0.25) is 0 Å². The van der Waals surface area contributed by atoms with Crippen molar-refractivity contribution in [3.63, 3.8) is 0 Å². The van der Waals surface area contributed by atoms with Gasteiger partial charge in [0, 0.05) is 19.6 Å². The van der Waals surface area contributed by atoms with Gasteiger partial charge in [-0.05, 0) is 35.7 Å². The van der Waals surface area contributed by atoms with Crippen molar-refractivity contribution in [1.82, 2.24) is 9.97 Å². The Morgan fingerprint density at radius 3 is 2.71 bits per heavy atom. The maximum atomic E-state index is 5.18. The Labute approximate surface area is 110 Å². The van der Waals surface area contributed by atoms with E-state index in [-0.39, 0.29) is 0 Å². The monoisotopic (exact) mass is 299 g/mol. The maximum Gasteiger partial charge on any atom is 0.144 e. The number of ether oxygens (including phenoxy) is 1. The van der Waals surface area contributed by atoms with Crippen molar-refractivity contribution in [2.45, 2.75) is 38.7 Å². The van der Waals surface area contributed by atoms with Gasteiger partial charge in [0.15, 0.2) is 0 Å². The van der Waals surface area contributed by atoms with Gasteiger partial charge in [-0.15, -0.1) is 0 Å². The molecule has 1 aliphatic rings. The van der Waals surface area contributed by atoms with Crippen molar-refractivity contribution in [3.05, 3.63) is 16.0 Å². The molecule has 0 bridgehead atoms. The van der Waals surface area contributed by atoms with Crippen LogP contribution in [0.5, 0.6) is 0 Å². The summed E-state index contributed by atoms with van der Waals surface area (Å²) in [5, 5.41) is 3.26. The first-order valence-electron chi connectivity index (χ1n) is 6.05. The van der Waals surface area contributed by atoms with E-state index in [0.717, 1.165) is 28.4 Å². The number of anilines is 1. The fraction of sp³-hybridized carbons (Fsp3) is 0.667. The summed E-state index contributed by atoms with van der Waals surface area (Å²) in [6, 6.07) is 0. The Kier molecular flexibility index (Phi) is 4.34. The van der Waals surface area contributed by atoms with Gasteiger partial charge in [0.25, 0.3) is 0 Å². The summed E-state index contributed by atoms with van der Waals surface area (Å²) in [6.45, 7) is 3.43. The van der Waals surface area contributed by atoms with Crippen molar-refractivity contribution >= 4 is 21.7 Å². The largest absolute Gasteiger partial charge is 0.378 e. The van der Waals surface area contributed by atoms with Gasteiger partial charge in [-0.25, -0.2) is 9.97 Å². The summed E-state index contributed by atoms with van der Waals surface area (Å²) >= 11 is 3.54. The minimum absolute atomic E-state index is 0.515. The number of halogens is 1. The summed E-state index contributed by atoms with van der Waals surface area (Å²) in [4.78, 5) is 9.21. The lowest BCUT2D eigenvalue weighted by Crippen LogP contribution is -2.16. The number of nitrogens with one attached hydrogen (secondary N) is 1. The zero-order chi connectivity index (χ0) is 12.3. The van der Waals surface area contributed by atoms with Crippen LogP contribution in [-0.4, -0.2) is 23.6 Å². The van der Waals surface area contributed by atoms with Gasteiger partial charge >= 0.3 is 0 Å². The number of rotatable bonds is 5. The van der Waals surface area contributed by atoms with Crippen molar-refractivity contribution in [2.24, 2.45) is 0 Å². The van der Waals surface area contributed by atoms with E-state index in [0.29, 0.717) is 12.5 Å². The molecule has 94 valence electrons. The van der Waals surface area contributed by atoms with Gasteiger partial charge in [0.05, 0.1) is 16.8 Å². The van der Waals surface area contributed by atoms with Crippen molar-refractivity contribution < 1.29 is 4.74 Å². The summed E-state index contributed by atoms with van der Waals surface area (Å²) in [5.74, 6) is 2.38. The van der Waals surface area contributed by atoms with Crippen molar-refractivity contribution in [1.29, 1.82) is 0 Å². The first-order valence-corrected chi connectivity index (χ1v) is 6.84. The lowest BCUT2D eigenvalue weighted by atomic mass is 9.85. The average molecular weight is 300 g/mol. The van der Waals surface area contributed by atoms with Gasteiger partial charge in [-0.1, -0.05) is 6.42 Å². The minimum atomic E-state index is 0.515. The van der Waals surface area contributed by atoms with E-state index in [1.807, 2.05) is 0 Å². The SMILES string of the molecule is CCNc1nc(C2CCC2)nc(COC)c1Br. The van der Waals surface area contributed by atoms with E-state index in [1.165, 1.54) is 19.3 Å². The van der Waals surface area contributed by atoms with E-state index in [2.05, 4.69) is 38.1 Å². The topological polar surface area (TPSA) is 47.0 Å². The van der Waals surface area contributed by atoms with Crippen LogP contribution in [-0.2, 0) is 11.3 Å². The fourth-order valence-corrected chi connectivity index (χ4v) is 2.31. The number of hydrogen-bond donors (Lipinski definition) is 1. The molecule has 0 radical (unpaired) electrons. The van der Waals surface area contributed by atoms with Crippen molar-refractivity contribution in [3.8, 4) is 0 Å². The van der Waals surface area contributed by atoms with E-state index in [9.17, 15) is 0 Å². The van der Waals surface area contributed by atoms with Crippen LogP contribution in [0.3, 0.4) is 0 Å². The minimum Gasteiger partial charge on any atom is -0.378 e. The molecule has 17 heavy (non-hydrogen) atoms. The molecule has 1 fully saturated rings. The van der Waals surface area contributed by atoms with Gasteiger partial charge in [0.2, 0.25) is 0 Å². The Hall–Kier alpha value is -0.680. The number of hydrogen-bond acceptors (Lipinski definition) is 4. The molecule has 0 aromatic carbocycles. The van der Waals surface area contributed by atoms with Crippen LogP contribution >= 0.6 is 15.9 Å². The molecular formula is C12H18BrN3O. The zero-order valence-electron chi connectivity index (χ0n) is 10.3. The van der Waals surface area contributed by atoms with Gasteiger partial charge in [0.1, 0.15) is 11.6 Å². The molecule has 1 saturated carbocycles. The second-order valence-electron chi connectivity index (χ2n) is 4.28. The highest BCUT2D eigenvalue weighted by molar-refractivity contribution is 9.10. The third kappa shape index (κ3) is 2.77. The highest BCUT2D eigenvalue weighted by atomic mass is 79.9. The predicted molar refractivity (Wildman–Crippen MR) is 71.2 cm³/mol. The number of methoxy groups -OCH3 is 1. The molecule has 0 atom stereocenters. The second kappa shape index (κ2) is 5.78. The zero-order valence-corrected chi connectivity index (χ0v) is 11.9. The van der Waals surface area contributed by atoms with Gasteiger partial charge in [-0.3, -0.25) is 0 Å². The summed E-state index contributed by atoms with van der Waals surface area (Å²) in [5.41, 5.74) is 0.931. The smallest absolute Gasteiger partial charge is 0.144 e. The van der Waals surface area contributed by atoms with Crippen LogP contribution in [0, 0.1) is 0 Å². The van der Waals surface area contributed by atoms with Crippen molar-refractivity contribution in [2.75, 3.05) is 19.0 Å². The Balaban J connectivity index is 2.32.